The molecule has 1 N–H and O–H groups in total. The van der Waals surface area contributed by atoms with E-state index in [1.54, 1.807) is 22.7 Å². The Labute approximate surface area is 192 Å². The van der Waals surface area contributed by atoms with Crippen molar-refractivity contribution in [1.82, 2.24) is 9.38 Å². The highest BCUT2D eigenvalue weighted by Crippen LogP contribution is 2.34. The van der Waals surface area contributed by atoms with E-state index in [0.29, 0.717) is 33.7 Å². The Morgan fingerprint density at radius 3 is 2.24 bits per heavy atom. The summed E-state index contributed by atoms with van der Waals surface area (Å²) in [6.45, 7) is 4.22. The Morgan fingerprint density at radius 1 is 0.970 bits per heavy atom. The Hall–Kier alpha value is -3.26. The molecular formula is C24H20ClF4N3O. The van der Waals surface area contributed by atoms with Crippen LogP contribution >= 0.6 is 11.6 Å². The van der Waals surface area contributed by atoms with Crippen LogP contribution in [0.5, 0.6) is 5.75 Å². The van der Waals surface area contributed by atoms with Gasteiger partial charge in [-0.25, -0.2) is 4.98 Å². The van der Waals surface area contributed by atoms with Crippen molar-refractivity contribution in [3.05, 3.63) is 77.4 Å². The molecule has 2 aromatic heterocycles. The van der Waals surface area contributed by atoms with Crippen molar-refractivity contribution in [3.63, 3.8) is 0 Å². The summed E-state index contributed by atoms with van der Waals surface area (Å²) in [5, 5.41) is 3.85. The van der Waals surface area contributed by atoms with Crippen LogP contribution in [0.1, 0.15) is 25.3 Å². The van der Waals surface area contributed by atoms with E-state index >= 15 is 0 Å². The quantitative estimate of drug-likeness (QED) is 0.276. The predicted octanol–water partition coefficient (Wildman–Crippen LogP) is 7.76. The minimum absolute atomic E-state index is 0.380. The van der Waals surface area contributed by atoms with E-state index in [1.165, 1.54) is 29.8 Å². The molecule has 0 amide bonds. The number of imidazole rings is 1. The Bertz CT molecular complexity index is 1260. The Kier molecular flexibility index (Phi) is 6.21. The lowest BCUT2D eigenvalue weighted by Crippen LogP contribution is -2.33. The first kappa shape index (κ1) is 22.9. The van der Waals surface area contributed by atoms with E-state index < -0.39 is 12.5 Å². The van der Waals surface area contributed by atoms with Gasteiger partial charge in [-0.15, -0.1) is 0 Å². The van der Waals surface area contributed by atoms with Gasteiger partial charge in [0.05, 0.1) is 5.02 Å². The van der Waals surface area contributed by atoms with Crippen LogP contribution in [-0.4, -0.2) is 21.9 Å². The van der Waals surface area contributed by atoms with Gasteiger partial charge in [0.2, 0.25) is 0 Å². The molecule has 0 aliphatic rings. The number of hydrogen-bond donors (Lipinski definition) is 1. The Morgan fingerprint density at radius 2 is 1.64 bits per heavy atom. The lowest BCUT2D eigenvalue weighted by Gasteiger charge is -2.17. The van der Waals surface area contributed by atoms with Crippen LogP contribution in [0.2, 0.25) is 5.02 Å². The third kappa shape index (κ3) is 4.90. The van der Waals surface area contributed by atoms with Crippen molar-refractivity contribution in [2.24, 2.45) is 0 Å². The van der Waals surface area contributed by atoms with Crippen molar-refractivity contribution < 1.29 is 22.3 Å². The summed E-state index contributed by atoms with van der Waals surface area (Å²) in [5.41, 5.74) is 3.72. The lowest BCUT2D eigenvalue weighted by molar-refractivity contribution is -0.253. The van der Waals surface area contributed by atoms with Gasteiger partial charge >= 0.3 is 12.5 Å². The fourth-order valence-corrected chi connectivity index (χ4v) is 3.47. The number of nitrogens with zero attached hydrogens (tertiary/aromatic N) is 2. The van der Waals surface area contributed by atoms with Gasteiger partial charge in [0.1, 0.15) is 22.9 Å². The zero-order chi connectivity index (χ0) is 23.8. The highest BCUT2D eigenvalue weighted by Gasteiger charge is 2.43. The molecule has 0 spiro atoms. The van der Waals surface area contributed by atoms with Crippen LogP contribution in [0.25, 0.3) is 16.9 Å². The average molecular weight is 478 g/mol. The molecule has 4 aromatic rings. The fourth-order valence-electron chi connectivity index (χ4n) is 3.31. The molecule has 0 radical (unpaired) electrons. The molecular weight excluding hydrogens is 458 g/mol. The summed E-state index contributed by atoms with van der Waals surface area (Å²) in [7, 11) is 0. The second-order valence-electron chi connectivity index (χ2n) is 7.78. The minimum Gasteiger partial charge on any atom is -0.428 e. The van der Waals surface area contributed by atoms with Crippen LogP contribution in [-0.2, 0) is 0 Å². The zero-order valence-corrected chi connectivity index (χ0v) is 18.5. The number of benzene rings is 2. The van der Waals surface area contributed by atoms with Gasteiger partial charge in [-0.05, 0) is 60.0 Å². The van der Waals surface area contributed by atoms with Crippen LogP contribution in [0.15, 0.2) is 66.9 Å². The first-order valence-corrected chi connectivity index (χ1v) is 10.5. The second-order valence-corrected chi connectivity index (χ2v) is 8.21. The maximum atomic E-state index is 13.2. The summed E-state index contributed by atoms with van der Waals surface area (Å²) in [5.74, 6) is 0.619. The first-order valence-electron chi connectivity index (χ1n) is 10.1. The summed E-state index contributed by atoms with van der Waals surface area (Å²) in [6.07, 6.45) is -6.80. The van der Waals surface area contributed by atoms with Gasteiger partial charge in [0.25, 0.3) is 0 Å². The van der Waals surface area contributed by atoms with Crippen LogP contribution in [0.3, 0.4) is 0 Å². The third-order valence-corrected chi connectivity index (χ3v) is 5.28. The van der Waals surface area contributed by atoms with E-state index in [0.717, 1.165) is 5.69 Å². The number of pyridine rings is 1. The number of fused-ring (bicyclic) bond motifs is 1. The molecule has 4 nitrogen and oxygen atoms in total. The van der Waals surface area contributed by atoms with E-state index in [-0.39, 0.29) is 5.75 Å². The van der Waals surface area contributed by atoms with Crippen molar-refractivity contribution in [3.8, 4) is 17.0 Å². The summed E-state index contributed by atoms with van der Waals surface area (Å²) in [6, 6.07) is 16.8. The monoisotopic (exact) mass is 477 g/mol. The molecule has 33 heavy (non-hydrogen) atoms. The normalized spacial score (nSPS) is 12.0. The van der Waals surface area contributed by atoms with Crippen molar-refractivity contribution in [2.75, 3.05) is 5.32 Å². The first-order chi connectivity index (χ1) is 15.6. The highest BCUT2D eigenvalue weighted by atomic mass is 35.5. The van der Waals surface area contributed by atoms with Crippen LogP contribution in [0.4, 0.5) is 29.1 Å². The van der Waals surface area contributed by atoms with Gasteiger partial charge in [-0.2, -0.15) is 17.6 Å². The zero-order valence-electron chi connectivity index (χ0n) is 17.7. The van der Waals surface area contributed by atoms with Gasteiger partial charge < -0.3 is 10.1 Å². The molecule has 0 saturated heterocycles. The largest absolute Gasteiger partial charge is 0.461 e. The van der Waals surface area contributed by atoms with E-state index in [4.69, 9.17) is 11.6 Å². The predicted molar refractivity (Wildman–Crippen MR) is 121 cm³/mol. The molecule has 9 heteroatoms. The van der Waals surface area contributed by atoms with E-state index in [9.17, 15) is 17.6 Å². The Balaban J connectivity index is 1.71. The minimum atomic E-state index is -4.57. The molecule has 0 aliphatic carbocycles. The number of alkyl halides is 4. The second kappa shape index (κ2) is 8.94. The van der Waals surface area contributed by atoms with Gasteiger partial charge in [-0.1, -0.05) is 37.6 Å². The molecule has 0 fully saturated rings. The van der Waals surface area contributed by atoms with Crippen LogP contribution in [0, 0.1) is 0 Å². The van der Waals surface area contributed by atoms with E-state index in [1.807, 2.05) is 24.3 Å². The third-order valence-electron chi connectivity index (χ3n) is 5.06. The number of nitrogens with one attached hydrogen (secondary N) is 1. The van der Waals surface area contributed by atoms with Gasteiger partial charge in [0.15, 0.2) is 0 Å². The maximum Gasteiger partial charge on any atom is 0.461 e. The van der Waals surface area contributed by atoms with Gasteiger partial charge in [0, 0.05) is 17.4 Å². The molecule has 0 unspecified atom stereocenters. The molecule has 0 atom stereocenters. The molecule has 4 rings (SSSR count). The maximum absolute atomic E-state index is 13.2. The molecule has 0 bridgehead atoms. The molecule has 0 aliphatic heterocycles. The fraction of sp³-hybridized carbons (Fsp3) is 0.208. The number of rotatable bonds is 7. The number of anilines is 2. The van der Waals surface area contributed by atoms with Crippen molar-refractivity contribution in [1.29, 1.82) is 0 Å². The standard InChI is InChI=1S/C24H20ClF4N3O/c1-14(2)15-3-8-18(9-4-15)30-22-21(31-20-12-7-17(25)13-32(20)22)16-5-10-19(11-6-16)33-24(28,29)23(26)27/h3-14,23,30H,1-2H3. The molecule has 2 heterocycles. The SMILES string of the molecule is CC(C)c1ccc(Nc2c(-c3ccc(OC(F)(F)C(F)F)cc3)nc3ccc(Cl)cn23)cc1. The summed E-state index contributed by atoms with van der Waals surface area (Å²) in [4.78, 5) is 4.63. The van der Waals surface area contributed by atoms with Crippen LogP contribution < -0.4 is 10.1 Å². The average Bonchev–Trinajstić information content (AvgIpc) is 3.12. The number of aromatic nitrogens is 2. The lowest BCUT2D eigenvalue weighted by atomic mass is 10.0. The van der Waals surface area contributed by atoms with E-state index in [2.05, 4.69) is 28.9 Å². The smallest absolute Gasteiger partial charge is 0.428 e. The highest BCUT2D eigenvalue weighted by molar-refractivity contribution is 6.30. The molecule has 2 aromatic carbocycles. The van der Waals surface area contributed by atoms with Gasteiger partial charge in [-0.3, -0.25) is 4.40 Å². The molecule has 0 saturated carbocycles. The number of hydrogen-bond acceptors (Lipinski definition) is 3. The summed E-state index contributed by atoms with van der Waals surface area (Å²) >= 11 is 6.19. The van der Waals surface area contributed by atoms with Crippen molar-refractivity contribution >= 4 is 28.8 Å². The summed E-state index contributed by atoms with van der Waals surface area (Å²) < 4.78 is 57.2. The van der Waals surface area contributed by atoms with Crippen molar-refractivity contribution in [2.45, 2.75) is 32.3 Å². The number of ether oxygens (including phenoxy) is 1. The number of halogens is 5. The molecule has 172 valence electrons. The topological polar surface area (TPSA) is 38.6 Å².